The second-order valence-corrected chi connectivity index (χ2v) is 5.56. The molecule has 0 aliphatic carbocycles. The number of guanidine groups is 2. The van der Waals surface area contributed by atoms with Crippen LogP contribution in [0.25, 0.3) is 0 Å². The summed E-state index contributed by atoms with van der Waals surface area (Å²) in [5.41, 5.74) is 18.0. The fourth-order valence-corrected chi connectivity index (χ4v) is 2.44. The molecule has 108 valence electrons. The van der Waals surface area contributed by atoms with E-state index >= 15 is 0 Å². The Morgan fingerprint density at radius 3 is 1.90 bits per heavy atom. The van der Waals surface area contributed by atoms with E-state index < -0.39 is 0 Å². The maximum atomic E-state index is 5.58. The van der Waals surface area contributed by atoms with Crippen LogP contribution in [0, 0.1) is 6.92 Å². The zero-order valence-corrected chi connectivity index (χ0v) is 12.5. The molecule has 2 aromatic rings. The summed E-state index contributed by atoms with van der Waals surface area (Å²) < 4.78 is 0. The summed E-state index contributed by atoms with van der Waals surface area (Å²) in [5.74, 6) is -0.0725. The number of aryl methyl sites for hydroxylation is 1. The maximum absolute atomic E-state index is 5.58. The van der Waals surface area contributed by atoms with Crippen molar-refractivity contribution in [3.63, 3.8) is 0 Å². The van der Waals surface area contributed by atoms with Gasteiger partial charge in [0.05, 0.1) is 5.69 Å². The summed E-state index contributed by atoms with van der Waals surface area (Å²) in [4.78, 5) is 10.1. The molecular weight excluding hydrogens is 282 g/mol. The Morgan fingerprint density at radius 1 is 0.857 bits per heavy atom. The van der Waals surface area contributed by atoms with E-state index in [1.165, 1.54) is 10.5 Å². The molecular formula is C15H17N5S. The molecule has 2 rings (SSSR count). The molecule has 0 radical (unpaired) electrons. The summed E-state index contributed by atoms with van der Waals surface area (Å²) >= 11 is 1.69. The molecule has 0 bridgehead atoms. The number of nitrogens with two attached hydrogens (primary N) is 3. The summed E-state index contributed by atoms with van der Waals surface area (Å²) in [6.07, 6.45) is 0. The van der Waals surface area contributed by atoms with Crippen molar-refractivity contribution in [3.8, 4) is 0 Å². The highest BCUT2D eigenvalue weighted by molar-refractivity contribution is 7.99. The molecule has 0 spiro atoms. The molecule has 0 amide bonds. The first kappa shape index (κ1) is 14.9. The Hall–Kier alpha value is -2.47. The zero-order valence-electron chi connectivity index (χ0n) is 11.7. The molecule has 0 saturated carbocycles. The molecule has 0 unspecified atom stereocenters. The van der Waals surface area contributed by atoms with E-state index in [1.54, 1.807) is 11.8 Å². The maximum Gasteiger partial charge on any atom is 0.223 e. The van der Waals surface area contributed by atoms with Crippen LogP contribution in [0.1, 0.15) is 5.56 Å². The zero-order chi connectivity index (χ0) is 15.2. The lowest BCUT2D eigenvalue weighted by molar-refractivity contribution is 1.34. The van der Waals surface area contributed by atoms with Gasteiger partial charge in [-0.1, -0.05) is 29.5 Å². The van der Waals surface area contributed by atoms with Gasteiger partial charge in [-0.25, -0.2) is 4.99 Å². The first-order chi connectivity index (χ1) is 10.0. The quantitative estimate of drug-likeness (QED) is 0.598. The third-order valence-electron chi connectivity index (χ3n) is 2.58. The predicted octanol–water partition coefficient (Wildman–Crippen LogP) is 2.37. The van der Waals surface area contributed by atoms with Crippen LogP contribution >= 0.6 is 11.8 Å². The third-order valence-corrected chi connectivity index (χ3v) is 3.60. The normalized spacial score (nSPS) is 11.2. The van der Waals surface area contributed by atoms with Crippen molar-refractivity contribution in [2.24, 2.45) is 27.2 Å². The van der Waals surface area contributed by atoms with Crippen LogP contribution in [0.5, 0.6) is 0 Å². The summed E-state index contributed by atoms with van der Waals surface area (Å²) in [5, 5.41) is 0. The lowest BCUT2D eigenvalue weighted by atomic mass is 10.2. The fraction of sp³-hybridized carbons (Fsp3) is 0.0667. The first-order valence-corrected chi connectivity index (χ1v) is 7.13. The second-order valence-electron chi connectivity index (χ2n) is 4.42. The van der Waals surface area contributed by atoms with Gasteiger partial charge in [0.25, 0.3) is 0 Å². The average molecular weight is 299 g/mol. The van der Waals surface area contributed by atoms with Crippen LogP contribution in [-0.2, 0) is 0 Å². The fourth-order valence-electron chi connectivity index (χ4n) is 1.62. The molecule has 2 aromatic carbocycles. The molecule has 0 saturated heterocycles. The van der Waals surface area contributed by atoms with Gasteiger partial charge in [0.1, 0.15) is 0 Å². The van der Waals surface area contributed by atoms with Crippen molar-refractivity contribution in [2.75, 3.05) is 0 Å². The van der Waals surface area contributed by atoms with E-state index in [0.29, 0.717) is 5.69 Å². The summed E-state index contributed by atoms with van der Waals surface area (Å²) in [6.45, 7) is 2.07. The van der Waals surface area contributed by atoms with Crippen molar-refractivity contribution >= 4 is 29.4 Å². The summed E-state index contributed by atoms with van der Waals surface area (Å²) in [7, 11) is 0. The number of benzene rings is 2. The van der Waals surface area contributed by atoms with Gasteiger partial charge in [-0.2, -0.15) is 4.99 Å². The van der Waals surface area contributed by atoms with E-state index in [2.05, 4.69) is 41.2 Å². The minimum Gasteiger partial charge on any atom is -0.370 e. The van der Waals surface area contributed by atoms with Crippen molar-refractivity contribution in [2.45, 2.75) is 16.7 Å². The predicted molar refractivity (Wildman–Crippen MR) is 88.8 cm³/mol. The van der Waals surface area contributed by atoms with Gasteiger partial charge in [0, 0.05) is 9.79 Å². The Kier molecular flexibility index (Phi) is 4.84. The highest BCUT2D eigenvalue weighted by Gasteiger charge is 1.98. The monoisotopic (exact) mass is 299 g/mol. The standard InChI is InChI=1S/C15H17N5S/c1-10-2-6-12(7-3-10)21-13-8-4-11(5-9-13)19-15(18)20-14(16)17/h2-9H,1H3,(H6,16,17,18,19,20). The SMILES string of the molecule is Cc1ccc(Sc2ccc(N=C(N)N=C(N)N)cc2)cc1. The van der Waals surface area contributed by atoms with Crippen LogP contribution < -0.4 is 17.2 Å². The first-order valence-electron chi connectivity index (χ1n) is 6.31. The molecule has 6 heteroatoms. The van der Waals surface area contributed by atoms with Gasteiger partial charge in [-0.05, 0) is 43.3 Å². The topological polar surface area (TPSA) is 103 Å². The minimum atomic E-state index is -0.109. The molecule has 0 aliphatic heterocycles. The van der Waals surface area contributed by atoms with Crippen LogP contribution in [0.2, 0.25) is 0 Å². The van der Waals surface area contributed by atoms with Gasteiger partial charge in [0.2, 0.25) is 5.96 Å². The Labute approximate surface area is 128 Å². The third kappa shape index (κ3) is 4.85. The van der Waals surface area contributed by atoms with Crippen molar-refractivity contribution < 1.29 is 0 Å². The molecule has 5 nitrogen and oxygen atoms in total. The highest BCUT2D eigenvalue weighted by Crippen LogP contribution is 2.29. The van der Waals surface area contributed by atoms with Gasteiger partial charge < -0.3 is 17.2 Å². The lowest BCUT2D eigenvalue weighted by Gasteiger charge is -2.03. The molecule has 0 heterocycles. The van der Waals surface area contributed by atoms with E-state index in [4.69, 9.17) is 17.2 Å². The van der Waals surface area contributed by atoms with Crippen LogP contribution in [0.4, 0.5) is 5.69 Å². The van der Waals surface area contributed by atoms with E-state index in [1.807, 2.05) is 24.3 Å². The molecule has 0 aliphatic rings. The number of hydrogen-bond acceptors (Lipinski definition) is 2. The van der Waals surface area contributed by atoms with Crippen LogP contribution in [0.15, 0.2) is 68.3 Å². The van der Waals surface area contributed by atoms with Gasteiger partial charge in [-0.15, -0.1) is 0 Å². The highest BCUT2D eigenvalue weighted by atomic mass is 32.2. The van der Waals surface area contributed by atoms with Crippen LogP contribution in [0.3, 0.4) is 0 Å². The van der Waals surface area contributed by atoms with E-state index in [-0.39, 0.29) is 11.9 Å². The lowest BCUT2D eigenvalue weighted by Crippen LogP contribution is -2.26. The van der Waals surface area contributed by atoms with Gasteiger partial charge in [-0.3, -0.25) is 0 Å². The van der Waals surface area contributed by atoms with E-state index in [9.17, 15) is 0 Å². The average Bonchev–Trinajstić information content (AvgIpc) is 2.42. The largest absolute Gasteiger partial charge is 0.370 e. The number of rotatable bonds is 3. The van der Waals surface area contributed by atoms with Gasteiger partial charge >= 0.3 is 0 Å². The Bertz CT molecular complexity index is 655. The Morgan fingerprint density at radius 2 is 1.38 bits per heavy atom. The van der Waals surface area contributed by atoms with Crippen molar-refractivity contribution in [1.82, 2.24) is 0 Å². The molecule has 0 aromatic heterocycles. The van der Waals surface area contributed by atoms with Gasteiger partial charge in [0.15, 0.2) is 5.96 Å². The van der Waals surface area contributed by atoms with E-state index in [0.717, 1.165) is 4.90 Å². The number of hydrogen-bond donors (Lipinski definition) is 3. The second kappa shape index (κ2) is 6.81. The van der Waals surface area contributed by atoms with Crippen molar-refractivity contribution in [1.29, 1.82) is 0 Å². The molecule has 6 N–H and O–H groups in total. The smallest absolute Gasteiger partial charge is 0.223 e. The minimum absolute atomic E-state index is 0.0361. The van der Waals surface area contributed by atoms with Crippen LogP contribution in [-0.4, -0.2) is 11.9 Å². The molecule has 0 fully saturated rings. The Balaban J connectivity index is 2.08. The van der Waals surface area contributed by atoms with Crippen molar-refractivity contribution in [3.05, 3.63) is 54.1 Å². The number of aliphatic imine (C=N–C) groups is 2. The molecule has 21 heavy (non-hydrogen) atoms. The summed E-state index contributed by atoms with van der Waals surface area (Å²) in [6, 6.07) is 16.1. The molecule has 0 atom stereocenters. The number of nitrogens with zero attached hydrogens (tertiary/aromatic N) is 2.